The molecule has 0 aliphatic carbocycles. The topological polar surface area (TPSA) is 55.1 Å². The molecule has 0 saturated heterocycles. The van der Waals surface area contributed by atoms with E-state index in [0.717, 1.165) is 5.56 Å². The van der Waals surface area contributed by atoms with Crippen molar-refractivity contribution < 1.29 is 4.79 Å². The highest BCUT2D eigenvalue weighted by Gasteiger charge is 2.09. The van der Waals surface area contributed by atoms with Gasteiger partial charge in [0.1, 0.15) is 0 Å². The summed E-state index contributed by atoms with van der Waals surface area (Å²) in [6.45, 7) is 4.01. The van der Waals surface area contributed by atoms with Crippen molar-refractivity contribution in [1.29, 1.82) is 0 Å². The number of halogens is 1. The molecule has 4 heteroatoms. The lowest BCUT2D eigenvalue weighted by Gasteiger charge is -2.11. The maximum atomic E-state index is 11.3. The Bertz CT molecular complexity index is 327. The number of nitrogens with one attached hydrogen (secondary N) is 1. The summed E-state index contributed by atoms with van der Waals surface area (Å²) in [5, 5.41) is 2.70. The van der Waals surface area contributed by atoms with Crippen LogP contribution in [0.3, 0.4) is 0 Å². The van der Waals surface area contributed by atoms with Gasteiger partial charge in [0.25, 0.3) is 0 Å². The lowest BCUT2D eigenvalue weighted by atomic mass is 10.0. The zero-order valence-electron chi connectivity index (χ0n) is 9.06. The molecule has 0 aliphatic rings. The second-order valence-electron chi connectivity index (χ2n) is 3.31. The first-order chi connectivity index (χ1) is 7.24. The van der Waals surface area contributed by atoms with E-state index in [1.807, 2.05) is 30.3 Å². The molecule has 3 N–H and O–H groups in total. The van der Waals surface area contributed by atoms with Crippen LogP contribution in [0, 0.1) is 0 Å². The molecule has 1 rings (SSSR count). The predicted molar refractivity (Wildman–Crippen MR) is 68.4 cm³/mol. The standard InChI is InChI=1S/C12H16N2O.ClH/c1-2-8-14-12(15)9-11(13)10-6-4-3-5-7-10;/h2-7,11H,1,8-9,13H2,(H,14,15);1H. The number of benzene rings is 1. The van der Waals surface area contributed by atoms with E-state index < -0.39 is 0 Å². The van der Waals surface area contributed by atoms with Crippen LogP contribution in [0.4, 0.5) is 0 Å². The summed E-state index contributed by atoms with van der Waals surface area (Å²) in [4.78, 5) is 11.3. The Balaban J connectivity index is 0.00000225. The zero-order valence-corrected chi connectivity index (χ0v) is 9.87. The normalized spacial score (nSPS) is 11.1. The molecule has 0 aromatic heterocycles. The number of amides is 1. The van der Waals surface area contributed by atoms with Gasteiger partial charge in [-0.15, -0.1) is 19.0 Å². The number of hydrogen-bond acceptors (Lipinski definition) is 2. The Hall–Kier alpha value is -1.32. The van der Waals surface area contributed by atoms with Crippen LogP contribution < -0.4 is 11.1 Å². The van der Waals surface area contributed by atoms with Crippen molar-refractivity contribution in [3.8, 4) is 0 Å². The molecule has 0 fully saturated rings. The molecule has 16 heavy (non-hydrogen) atoms. The van der Waals surface area contributed by atoms with Crippen molar-refractivity contribution in [3.05, 3.63) is 48.6 Å². The van der Waals surface area contributed by atoms with E-state index in [2.05, 4.69) is 11.9 Å². The monoisotopic (exact) mass is 240 g/mol. The van der Waals surface area contributed by atoms with Gasteiger partial charge in [-0.1, -0.05) is 36.4 Å². The fourth-order valence-electron chi connectivity index (χ4n) is 1.28. The molecule has 0 radical (unpaired) electrons. The fourth-order valence-corrected chi connectivity index (χ4v) is 1.28. The number of carbonyl (C=O) groups is 1. The molecule has 0 saturated carbocycles. The van der Waals surface area contributed by atoms with Gasteiger partial charge in [-0.05, 0) is 5.56 Å². The van der Waals surface area contributed by atoms with Crippen LogP contribution in [-0.4, -0.2) is 12.5 Å². The Morgan fingerprint density at radius 1 is 1.44 bits per heavy atom. The van der Waals surface area contributed by atoms with E-state index in [1.54, 1.807) is 6.08 Å². The fraction of sp³-hybridized carbons (Fsp3) is 0.250. The summed E-state index contributed by atoms with van der Waals surface area (Å²) in [7, 11) is 0. The second kappa shape index (κ2) is 7.91. The van der Waals surface area contributed by atoms with Gasteiger partial charge in [-0.2, -0.15) is 0 Å². The lowest BCUT2D eigenvalue weighted by Crippen LogP contribution is -2.27. The third-order valence-electron chi connectivity index (χ3n) is 2.08. The van der Waals surface area contributed by atoms with Crippen molar-refractivity contribution in [2.24, 2.45) is 5.73 Å². The van der Waals surface area contributed by atoms with Gasteiger partial charge in [0, 0.05) is 19.0 Å². The molecule has 1 aromatic carbocycles. The van der Waals surface area contributed by atoms with E-state index in [0.29, 0.717) is 13.0 Å². The minimum absolute atomic E-state index is 0. The van der Waals surface area contributed by atoms with Gasteiger partial charge < -0.3 is 11.1 Å². The molecule has 1 unspecified atom stereocenters. The van der Waals surface area contributed by atoms with E-state index in [-0.39, 0.29) is 24.4 Å². The number of carbonyl (C=O) groups excluding carboxylic acids is 1. The molecule has 1 atom stereocenters. The van der Waals surface area contributed by atoms with Crippen LogP contribution in [-0.2, 0) is 4.79 Å². The highest BCUT2D eigenvalue weighted by atomic mass is 35.5. The van der Waals surface area contributed by atoms with E-state index in [9.17, 15) is 4.79 Å². The SMILES string of the molecule is C=CCNC(=O)CC(N)c1ccccc1.Cl. The van der Waals surface area contributed by atoms with Gasteiger partial charge in [-0.25, -0.2) is 0 Å². The molecule has 0 aliphatic heterocycles. The summed E-state index contributed by atoms with van der Waals surface area (Å²) >= 11 is 0. The Labute approximate surface area is 102 Å². The van der Waals surface area contributed by atoms with E-state index in [4.69, 9.17) is 5.73 Å². The van der Waals surface area contributed by atoms with Crippen molar-refractivity contribution in [2.45, 2.75) is 12.5 Å². The van der Waals surface area contributed by atoms with Crippen LogP contribution >= 0.6 is 12.4 Å². The van der Waals surface area contributed by atoms with Crippen LogP contribution in [0.1, 0.15) is 18.0 Å². The average Bonchev–Trinajstić information content (AvgIpc) is 2.27. The van der Waals surface area contributed by atoms with E-state index in [1.165, 1.54) is 0 Å². The van der Waals surface area contributed by atoms with Crippen molar-refractivity contribution in [3.63, 3.8) is 0 Å². The minimum atomic E-state index is -0.240. The molecule has 0 bridgehead atoms. The van der Waals surface area contributed by atoms with Gasteiger partial charge in [0.2, 0.25) is 5.91 Å². The smallest absolute Gasteiger partial charge is 0.222 e. The van der Waals surface area contributed by atoms with Gasteiger partial charge in [-0.3, -0.25) is 4.79 Å². The first-order valence-corrected chi connectivity index (χ1v) is 4.92. The molecule has 1 aromatic rings. The number of rotatable bonds is 5. The quantitative estimate of drug-likeness (QED) is 0.772. The van der Waals surface area contributed by atoms with Crippen LogP contribution in [0.5, 0.6) is 0 Å². The summed E-state index contributed by atoms with van der Waals surface area (Å²) in [5.74, 6) is -0.0498. The third-order valence-corrected chi connectivity index (χ3v) is 2.08. The maximum absolute atomic E-state index is 11.3. The summed E-state index contributed by atoms with van der Waals surface area (Å²) in [5.41, 5.74) is 6.86. The highest BCUT2D eigenvalue weighted by molar-refractivity contribution is 5.85. The first kappa shape index (κ1) is 14.7. The first-order valence-electron chi connectivity index (χ1n) is 4.92. The second-order valence-corrected chi connectivity index (χ2v) is 3.31. The van der Waals surface area contributed by atoms with Crippen LogP contribution in [0.15, 0.2) is 43.0 Å². The van der Waals surface area contributed by atoms with Gasteiger partial charge >= 0.3 is 0 Å². The molecule has 1 amide bonds. The summed E-state index contributed by atoms with van der Waals surface area (Å²) in [6, 6.07) is 9.36. The average molecular weight is 241 g/mol. The molecule has 0 heterocycles. The summed E-state index contributed by atoms with van der Waals surface area (Å²) < 4.78 is 0. The number of nitrogens with two attached hydrogens (primary N) is 1. The van der Waals surface area contributed by atoms with Crippen molar-refractivity contribution >= 4 is 18.3 Å². The molecular weight excluding hydrogens is 224 g/mol. The van der Waals surface area contributed by atoms with Gasteiger partial charge in [0.05, 0.1) is 0 Å². The largest absolute Gasteiger partial charge is 0.353 e. The lowest BCUT2D eigenvalue weighted by molar-refractivity contribution is -0.121. The maximum Gasteiger partial charge on any atom is 0.222 e. The molecular formula is C12H17ClN2O. The minimum Gasteiger partial charge on any atom is -0.353 e. The zero-order chi connectivity index (χ0) is 11.1. The molecule has 88 valence electrons. The van der Waals surface area contributed by atoms with Crippen LogP contribution in [0.2, 0.25) is 0 Å². The summed E-state index contributed by atoms with van der Waals surface area (Å²) in [6.07, 6.45) is 1.95. The predicted octanol–water partition coefficient (Wildman–Crippen LogP) is 1.80. The Morgan fingerprint density at radius 3 is 2.62 bits per heavy atom. The van der Waals surface area contributed by atoms with Gasteiger partial charge in [0.15, 0.2) is 0 Å². The number of hydrogen-bond donors (Lipinski definition) is 2. The molecule has 0 spiro atoms. The van der Waals surface area contributed by atoms with Crippen molar-refractivity contribution in [1.82, 2.24) is 5.32 Å². The van der Waals surface area contributed by atoms with E-state index >= 15 is 0 Å². The third kappa shape index (κ3) is 4.96. The Kier molecular flexibility index (Phi) is 7.25. The highest BCUT2D eigenvalue weighted by Crippen LogP contribution is 2.12. The van der Waals surface area contributed by atoms with Crippen LogP contribution in [0.25, 0.3) is 0 Å². The van der Waals surface area contributed by atoms with Crippen molar-refractivity contribution in [2.75, 3.05) is 6.54 Å². The molecule has 3 nitrogen and oxygen atoms in total. The Morgan fingerprint density at radius 2 is 2.06 bits per heavy atom.